The number of sulfone groups is 2. The lowest BCUT2D eigenvalue weighted by Crippen LogP contribution is -2.32. The van der Waals surface area contributed by atoms with Crippen LogP contribution in [-0.2, 0) is 29.3 Å². The zero-order valence-corrected chi connectivity index (χ0v) is 28.1. The fourth-order valence-electron chi connectivity index (χ4n) is 4.03. The number of ether oxygens (including phenoxy) is 4. The summed E-state index contributed by atoms with van der Waals surface area (Å²) in [4.78, 5) is 20.5. The van der Waals surface area contributed by atoms with Crippen molar-refractivity contribution in [3.05, 3.63) is 47.5 Å². The first-order valence-electron chi connectivity index (χ1n) is 13.9. The first kappa shape index (κ1) is 39.4. The lowest BCUT2D eigenvalue weighted by Gasteiger charge is -2.15. The van der Waals surface area contributed by atoms with E-state index in [2.05, 4.69) is 5.32 Å². The number of hydrogen-bond donors (Lipinski definition) is 4. The van der Waals surface area contributed by atoms with E-state index in [9.17, 15) is 26.4 Å². The molecule has 45 heavy (non-hydrogen) atoms. The second-order valence-corrected chi connectivity index (χ2v) is 14.5. The van der Waals surface area contributed by atoms with Gasteiger partial charge < -0.3 is 40.8 Å². The van der Waals surface area contributed by atoms with Crippen LogP contribution in [-0.4, -0.2) is 91.3 Å². The topological polar surface area (TPSA) is 224 Å². The standard InChI is InChI=1S/2C12H19NO4S.C5H7NO3/c2*1-4-17-12-7-9(5-6-11(12)16-2)10(13)8-18(3,14)15;7-4-2-1-3(6-4)5(8)9/h2*5-7,10H,4,8,13H2,1-3H3;3H,1-2H2,(H,6,7)(H,8,9)/t10-;;3-/m1.1/s1. The van der Waals surface area contributed by atoms with Crippen molar-refractivity contribution in [2.24, 2.45) is 11.5 Å². The van der Waals surface area contributed by atoms with Gasteiger partial charge in [0.15, 0.2) is 23.0 Å². The van der Waals surface area contributed by atoms with Crippen LogP contribution in [0.5, 0.6) is 23.0 Å². The highest BCUT2D eigenvalue weighted by Gasteiger charge is 2.26. The summed E-state index contributed by atoms with van der Waals surface area (Å²) in [6.07, 6.45) is 3.10. The number of carboxylic acid groups (broad SMARTS) is 1. The van der Waals surface area contributed by atoms with Crippen LogP contribution in [0.2, 0.25) is 0 Å². The van der Waals surface area contributed by atoms with Gasteiger partial charge in [0.25, 0.3) is 0 Å². The Balaban J connectivity index is 0.000000356. The molecule has 1 fully saturated rings. The van der Waals surface area contributed by atoms with Crippen LogP contribution in [0.25, 0.3) is 0 Å². The highest BCUT2D eigenvalue weighted by atomic mass is 32.2. The molecule has 1 aliphatic heterocycles. The number of amides is 1. The van der Waals surface area contributed by atoms with Crippen molar-refractivity contribution in [3.63, 3.8) is 0 Å². The average Bonchev–Trinajstić information content (AvgIpc) is 3.39. The third kappa shape index (κ3) is 14.8. The third-order valence-electron chi connectivity index (χ3n) is 6.09. The molecule has 0 radical (unpaired) electrons. The number of carbonyl (C=O) groups excluding carboxylic acids is 1. The van der Waals surface area contributed by atoms with Crippen molar-refractivity contribution in [1.82, 2.24) is 5.32 Å². The van der Waals surface area contributed by atoms with Gasteiger partial charge in [0.1, 0.15) is 25.7 Å². The molecule has 0 aliphatic carbocycles. The van der Waals surface area contributed by atoms with Gasteiger partial charge in [-0.25, -0.2) is 21.6 Å². The number of hydrogen-bond acceptors (Lipinski definition) is 12. The van der Waals surface area contributed by atoms with E-state index in [1.165, 1.54) is 12.5 Å². The molecular formula is C29H45N3O11S2. The van der Waals surface area contributed by atoms with Gasteiger partial charge in [-0.05, 0) is 55.7 Å². The largest absolute Gasteiger partial charge is 0.493 e. The SMILES string of the molecule is CCOc1cc(C(N)CS(C)(=O)=O)ccc1OC.CCOc1cc([C@H](N)CS(C)(=O)=O)ccc1OC.O=C1CC[C@H](C(=O)O)N1. The summed E-state index contributed by atoms with van der Waals surface area (Å²) in [7, 11) is -3.12. The molecule has 14 nitrogen and oxygen atoms in total. The van der Waals surface area contributed by atoms with E-state index in [-0.39, 0.29) is 17.4 Å². The molecule has 254 valence electrons. The van der Waals surface area contributed by atoms with Crippen molar-refractivity contribution in [1.29, 1.82) is 0 Å². The normalized spacial score (nSPS) is 15.6. The molecule has 3 rings (SSSR count). The first-order valence-corrected chi connectivity index (χ1v) is 18.1. The Labute approximate surface area is 265 Å². The quantitative estimate of drug-likeness (QED) is 0.237. The van der Waals surface area contributed by atoms with E-state index >= 15 is 0 Å². The summed E-state index contributed by atoms with van der Waals surface area (Å²) in [6, 6.07) is 8.61. The molecule has 0 spiro atoms. The maximum absolute atomic E-state index is 11.2. The van der Waals surface area contributed by atoms with E-state index < -0.39 is 43.8 Å². The molecule has 6 N–H and O–H groups in total. The number of carbonyl (C=O) groups is 2. The van der Waals surface area contributed by atoms with Crippen LogP contribution in [0, 0.1) is 0 Å². The van der Waals surface area contributed by atoms with Crippen LogP contribution in [0.4, 0.5) is 0 Å². The molecule has 0 saturated carbocycles. The molecule has 3 atom stereocenters. The lowest BCUT2D eigenvalue weighted by atomic mass is 10.1. The fraction of sp³-hybridized carbons (Fsp3) is 0.517. The Hall–Kier alpha value is -3.60. The Morgan fingerprint density at radius 1 is 0.844 bits per heavy atom. The van der Waals surface area contributed by atoms with Gasteiger partial charge in [-0.2, -0.15) is 0 Å². The maximum atomic E-state index is 11.2. The Bertz CT molecular complexity index is 1390. The van der Waals surface area contributed by atoms with Crippen molar-refractivity contribution in [3.8, 4) is 23.0 Å². The van der Waals surface area contributed by atoms with Crippen LogP contribution in [0.3, 0.4) is 0 Å². The minimum atomic E-state index is -3.11. The number of aliphatic carboxylic acids is 1. The molecule has 1 heterocycles. The van der Waals surface area contributed by atoms with Crippen LogP contribution >= 0.6 is 0 Å². The number of rotatable bonds is 13. The molecule has 0 bridgehead atoms. The van der Waals surface area contributed by atoms with E-state index in [1.54, 1.807) is 50.6 Å². The Morgan fingerprint density at radius 2 is 1.24 bits per heavy atom. The van der Waals surface area contributed by atoms with Gasteiger partial charge in [-0.3, -0.25) is 4.79 Å². The van der Waals surface area contributed by atoms with Gasteiger partial charge in [0.2, 0.25) is 5.91 Å². The minimum absolute atomic E-state index is 0.0924. The molecule has 1 amide bonds. The second kappa shape index (κ2) is 18.4. The number of carboxylic acids is 1. The van der Waals surface area contributed by atoms with Gasteiger partial charge in [0, 0.05) is 31.0 Å². The molecule has 2 aromatic rings. The van der Waals surface area contributed by atoms with Crippen LogP contribution < -0.4 is 35.7 Å². The zero-order chi connectivity index (χ0) is 34.4. The molecule has 0 aromatic heterocycles. The number of benzene rings is 2. The highest BCUT2D eigenvalue weighted by molar-refractivity contribution is 7.90. The smallest absolute Gasteiger partial charge is 0.326 e. The molecule has 1 aliphatic rings. The van der Waals surface area contributed by atoms with Crippen LogP contribution in [0.15, 0.2) is 36.4 Å². The first-order chi connectivity index (χ1) is 20.9. The average molecular weight is 676 g/mol. The number of nitrogens with two attached hydrogens (primary N) is 2. The number of nitrogens with one attached hydrogen (secondary N) is 1. The summed E-state index contributed by atoms with van der Waals surface area (Å²) in [5.74, 6) is 1.06. The lowest BCUT2D eigenvalue weighted by molar-refractivity contribution is -0.140. The van der Waals surface area contributed by atoms with Crippen LogP contribution in [0.1, 0.15) is 49.9 Å². The summed E-state index contributed by atoms with van der Waals surface area (Å²) in [5, 5.41) is 10.6. The summed E-state index contributed by atoms with van der Waals surface area (Å²) in [5.41, 5.74) is 13.1. The van der Waals surface area contributed by atoms with Gasteiger partial charge in [0.05, 0.1) is 38.9 Å². The van der Waals surface area contributed by atoms with E-state index in [0.717, 1.165) is 0 Å². The molecule has 1 saturated heterocycles. The molecule has 2 aromatic carbocycles. The van der Waals surface area contributed by atoms with Crippen molar-refractivity contribution >= 4 is 31.6 Å². The van der Waals surface area contributed by atoms with Crippen molar-refractivity contribution in [2.75, 3.05) is 51.5 Å². The predicted molar refractivity (Wildman–Crippen MR) is 170 cm³/mol. The monoisotopic (exact) mass is 675 g/mol. The number of methoxy groups -OCH3 is 2. The maximum Gasteiger partial charge on any atom is 0.326 e. The van der Waals surface area contributed by atoms with Gasteiger partial charge in [-0.15, -0.1) is 0 Å². The summed E-state index contributed by atoms with van der Waals surface area (Å²) in [6.45, 7) is 4.73. The molecule has 1 unspecified atom stereocenters. The zero-order valence-electron chi connectivity index (χ0n) is 26.4. The highest BCUT2D eigenvalue weighted by Crippen LogP contribution is 2.31. The Morgan fingerprint density at radius 3 is 1.49 bits per heavy atom. The fourth-order valence-corrected chi connectivity index (χ4v) is 5.72. The summed E-state index contributed by atoms with van der Waals surface area (Å²) < 4.78 is 66.0. The molecular weight excluding hydrogens is 630 g/mol. The van der Waals surface area contributed by atoms with Gasteiger partial charge >= 0.3 is 5.97 Å². The third-order valence-corrected chi connectivity index (χ3v) is 8.02. The van der Waals surface area contributed by atoms with E-state index in [1.807, 2.05) is 13.8 Å². The minimum Gasteiger partial charge on any atom is -0.493 e. The Kier molecular flexibility index (Phi) is 16.1. The molecule has 16 heteroatoms. The van der Waals surface area contributed by atoms with Crippen molar-refractivity contribution in [2.45, 2.75) is 44.8 Å². The van der Waals surface area contributed by atoms with Gasteiger partial charge in [-0.1, -0.05) is 12.1 Å². The van der Waals surface area contributed by atoms with Crippen molar-refractivity contribution < 1.29 is 50.5 Å². The summed E-state index contributed by atoms with van der Waals surface area (Å²) >= 11 is 0. The van der Waals surface area contributed by atoms with E-state index in [4.69, 9.17) is 35.5 Å². The second-order valence-electron chi connectivity index (χ2n) is 10.1. The van der Waals surface area contributed by atoms with E-state index in [0.29, 0.717) is 60.2 Å². The predicted octanol–water partition coefficient (Wildman–Crippen LogP) is 1.63.